The van der Waals surface area contributed by atoms with Crippen LogP contribution in [0.5, 0.6) is 0 Å². The quantitative estimate of drug-likeness (QED) is 0.688. The summed E-state index contributed by atoms with van der Waals surface area (Å²) in [5.74, 6) is 0. The summed E-state index contributed by atoms with van der Waals surface area (Å²) in [6.07, 6.45) is -3.11. The summed E-state index contributed by atoms with van der Waals surface area (Å²) in [4.78, 5) is 0. The number of alkyl halides is 3. The van der Waals surface area contributed by atoms with Crippen LogP contribution in [-0.4, -0.2) is 32.5 Å². The van der Waals surface area contributed by atoms with Crippen molar-refractivity contribution in [2.45, 2.75) is 44.8 Å². The van der Waals surface area contributed by atoms with E-state index in [0.717, 1.165) is 13.0 Å². The van der Waals surface area contributed by atoms with Crippen molar-refractivity contribution in [2.75, 3.05) is 20.3 Å². The Hall–Kier alpha value is -0.290. The highest BCUT2D eigenvalue weighted by Gasteiger charge is 2.26. The van der Waals surface area contributed by atoms with Crippen molar-refractivity contribution in [3.63, 3.8) is 0 Å². The van der Waals surface area contributed by atoms with E-state index >= 15 is 0 Å². The van der Waals surface area contributed by atoms with Crippen molar-refractivity contribution in [1.82, 2.24) is 5.32 Å². The molecule has 0 heterocycles. The highest BCUT2D eigenvalue weighted by molar-refractivity contribution is 4.66. The van der Waals surface area contributed by atoms with E-state index in [1.807, 2.05) is 6.92 Å². The number of methoxy groups -OCH3 is 1. The molecule has 15 heavy (non-hydrogen) atoms. The fourth-order valence-electron chi connectivity index (χ4n) is 1.34. The SMILES string of the molecule is CCCNC(CCCC(F)(F)F)COC. The Morgan fingerprint density at radius 1 is 1.33 bits per heavy atom. The van der Waals surface area contributed by atoms with E-state index in [9.17, 15) is 13.2 Å². The maximum absolute atomic E-state index is 11.9. The Kier molecular flexibility index (Phi) is 7.78. The van der Waals surface area contributed by atoms with Gasteiger partial charge in [0, 0.05) is 19.6 Å². The Labute approximate surface area is 89.2 Å². The van der Waals surface area contributed by atoms with Crippen LogP contribution in [0, 0.1) is 0 Å². The summed E-state index contributed by atoms with van der Waals surface area (Å²) in [7, 11) is 1.56. The minimum Gasteiger partial charge on any atom is -0.383 e. The molecule has 0 spiro atoms. The van der Waals surface area contributed by atoms with Gasteiger partial charge in [0.05, 0.1) is 6.61 Å². The van der Waals surface area contributed by atoms with Crippen LogP contribution in [0.15, 0.2) is 0 Å². The number of ether oxygens (including phenoxy) is 1. The third-order valence-corrected chi connectivity index (χ3v) is 2.06. The van der Waals surface area contributed by atoms with Crippen molar-refractivity contribution in [2.24, 2.45) is 0 Å². The summed E-state index contributed by atoms with van der Waals surface area (Å²) in [5, 5.41) is 3.16. The number of hydrogen-bond donors (Lipinski definition) is 1. The lowest BCUT2D eigenvalue weighted by molar-refractivity contribution is -0.136. The molecule has 5 heteroatoms. The lowest BCUT2D eigenvalue weighted by Crippen LogP contribution is -2.34. The van der Waals surface area contributed by atoms with Crippen molar-refractivity contribution in [3.05, 3.63) is 0 Å². The molecule has 0 aliphatic rings. The molecule has 0 fully saturated rings. The van der Waals surface area contributed by atoms with Gasteiger partial charge in [0.2, 0.25) is 0 Å². The first-order valence-corrected chi connectivity index (χ1v) is 5.28. The van der Waals surface area contributed by atoms with Crippen LogP contribution >= 0.6 is 0 Å². The van der Waals surface area contributed by atoms with Crippen LogP contribution in [0.2, 0.25) is 0 Å². The van der Waals surface area contributed by atoms with Gasteiger partial charge in [-0.25, -0.2) is 0 Å². The fourth-order valence-corrected chi connectivity index (χ4v) is 1.34. The molecule has 1 atom stereocenters. The summed E-state index contributed by atoms with van der Waals surface area (Å²) in [5.41, 5.74) is 0. The molecule has 0 aliphatic heterocycles. The van der Waals surface area contributed by atoms with Crippen LogP contribution in [0.1, 0.15) is 32.6 Å². The monoisotopic (exact) mass is 227 g/mol. The van der Waals surface area contributed by atoms with Gasteiger partial charge in [0.15, 0.2) is 0 Å². The predicted octanol–water partition coefficient (Wildman–Crippen LogP) is 2.73. The van der Waals surface area contributed by atoms with E-state index in [4.69, 9.17) is 4.74 Å². The average molecular weight is 227 g/mol. The molecular formula is C10H20F3NO. The van der Waals surface area contributed by atoms with Crippen molar-refractivity contribution in [3.8, 4) is 0 Å². The van der Waals surface area contributed by atoms with Crippen molar-refractivity contribution < 1.29 is 17.9 Å². The topological polar surface area (TPSA) is 21.3 Å². The zero-order valence-corrected chi connectivity index (χ0v) is 9.36. The molecular weight excluding hydrogens is 207 g/mol. The first kappa shape index (κ1) is 14.7. The number of hydrogen-bond acceptors (Lipinski definition) is 2. The van der Waals surface area contributed by atoms with Crippen LogP contribution in [0.4, 0.5) is 13.2 Å². The minimum atomic E-state index is -4.04. The molecule has 1 unspecified atom stereocenters. The van der Waals surface area contributed by atoms with Gasteiger partial charge in [-0.05, 0) is 25.8 Å². The summed E-state index contributed by atoms with van der Waals surface area (Å²) in [6, 6.07) is 0.0392. The van der Waals surface area contributed by atoms with Crippen LogP contribution in [0.25, 0.3) is 0 Å². The number of halogens is 3. The van der Waals surface area contributed by atoms with Crippen molar-refractivity contribution >= 4 is 0 Å². The van der Waals surface area contributed by atoms with Crippen LogP contribution < -0.4 is 5.32 Å². The zero-order valence-electron chi connectivity index (χ0n) is 9.36. The van der Waals surface area contributed by atoms with Gasteiger partial charge in [-0.15, -0.1) is 0 Å². The van der Waals surface area contributed by atoms with E-state index in [2.05, 4.69) is 5.32 Å². The third-order valence-electron chi connectivity index (χ3n) is 2.06. The van der Waals surface area contributed by atoms with Crippen molar-refractivity contribution in [1.29, 1.82) is 0 Å². The average Bonchev–Trinajstić information content (AvgIpc) is 2.12. The van der Waals surface area contributed by atoms with Crippen LogP contribution in [0.3, 0.4) is 0 Å². The Balaban J connectivity index is 3.65. The molecule has 0 aromatic rings. The highest BCUT2D eigenvalue weighted by Crippen LogP contribution is 2.22. The van der Waals surface area contributed by atoms with E-state index in [1.165, 1.54) is 0 Å². The normalized spacial score (nSPS) is 14.2. The van der Waals surface area contributed by atoms with E-state index < -0.39 is 12.6 Å². The molecule has 0 saturated carbocycles. The first-order chi connectivity index (χ1) is 6.99. The highest BCUT2D eigenvalue weighted by atomic mass is 19.4. The lowest BCUT2D eigenvalue weighted by Gasteiger charge is -2.17. The van der Waals surface area contributed by atoms with E-state index in [0.29, 0.717) is 13.0 Å². The van der Waals surface area contributed by atoms with Gasteiger partial charge >= 0.3 is 6.18 Å². The molecule has 0 aliphatic carbocycles. The Morgan fingerprint density at radius 3 is 2.47 bits per heavy atom. The Bertz CT molecular complexity index is 150. The van der Waals surface area contributed by atoms with Gasteiger partial charge < -0.3 is 10.1 Å². The smallest absolute Gasteiger partial charge is 0.383 e. The second kappa shape index (κ2) is 7.93. The lowest BCUT2D eigenvalue weighted by atomic mass is 10.1. The molecule has 0 amide bonds. The van der Waals surface area contributed by atoms with Gasteiger partial charge in [-0.2, -0.15) is 13.2 Å². The maximum atomic E-state index is 11.9. The third kappa shape index (κ3) is 10.0. The standard InChI is InChI=1S/C10H20F3NO/c1-3-7-14-9(8-15-2)5-4-6-10(11,12)13/h9,14H,3-8H2,1-2H3. The molecule has 0 radical (unpaired) electrons. The van der Waals surface area contributed by atoms with Gasteiger partial charge in [0.1, 0.15) is 0 Å². The molecule has 0 bridgehead atoms. The summed E-state index contributed by atoms with van der Waals surface area (Å²) < 4.78 is 40.6. The molecule has 2 nitrogen and oxygen atoms in total. The number of rotatable bonds is 8. The van der Waals surface area contributed by atoms with Gasteiger partial charge in [0.25, 0.3) is 0 Å². The minimum absolute atomic E-state index is 0.0392. The molecule has 0 rings (SSSR count). The molecule has 0 saturated heterocycles. The largest absolute Gasteiger partial charge is 0.389 e. The first-order valence-electron chi connectivity index (χ1n) is 5.28. The summed E-state index contributed by atoms with van der Waals surface area (Å²) >= 11 is 0. The van der Waals surface area contributed by atoms with Crippen LogP contribution in [-0.2, 0) is 4.74 Å². The predicted molar refractivity (Wildman–Crippen MR) is 53.9 cm³/mol. The second-order valence-electron chi connectivity index (χ2n) is 3.61. The van der Waals surface area contributed by atoms with Gasteiger partial charge in [-0.3, -0.25) is 0 Å². The molecule has 92 valence electrons. The molecule has 0 aromatic carbocycles. The maximum Gasteiger partial charge on any atom is 0.389 e. The summed E-state index contributed by atoms with van der Waals surface area (Å²) in [6.45, 7) is 3.31. The Morgan fingerprint density at radius 2 is 2.00 bits per heavy atom. The van der Waals surface area contributed by atoms with E-state index in [-0.39, 0.29) is 12.5 Å². The molecule has 1 N–H and O–H groups in total. The zero-order chi connectivity index (χ0) is 11.7. The molecule has 0 aromatic heterocycles. The second-order valence-corrected chi connectivity index (χ2v) is 3.61. The number of nitrogens with one attached hydrogen (secondary N) is 1. The fraction of sp³-hybridized carbons (Fsp3) is 1.00. The van der Waals surface area contributed by atoms with E-state index in [1.54, 1.807) is 7.11 Å². The van der Waals surface area contributed by atoms with Gasteiger partial charge in [-0.1, -0.05) is 6.92 Å².